The first kappa shape index (κ1) is 22.2. The van der Waals surface area contributed by atoms with E-state index in [4.69, 9.17) is 25.8 Å². The Morgan fingerprint density at radius 2 is 1.90 bits per heavy atom. The Labute approximate surface area is 182 Å². The van der Waals surface area contributed by atoms with Gasteiger partial charge in [0.2, 0.25) is 0 Å². The number of carbonyl (C=O) groups is 1. The zero-order chi connectivity index (χ0) is 21.9. The van der Waals surface area contributed by atoms with Crippen LogP contribution in [-0.2, 0) is 4.74 Å². The maximum Gasteiger partial charge on any atom is 0.407 e. The van der Waals surface area contributed by atoms with Crippen molar-refractivity contribution in [1.82, 2.24) is 4.90 Å². The largest absolute Gasteiger partial charge is 0.493 e. The van der Waals surface area contributed by atoms with Gasteiger partial charge in [0.25, 0.3) is 0 Å². The Kier molecular flexibility index (Phi) is 6.48. The fourth-order valence-electron chi connectivity index (χ4n) is 3.84. The molecule has 30 heavy (non-hydrogen) atoms. The Morgan fingerprint density at radius 1 is 1.20 bits per heavy atom. The van der Waals surface area contributed by atoms with E-state index < -0.39 is 23.2 Å². The first-order valence-corrected chi connectivity index (χ1v) is 10.2. The molecule has 7 heteroatoms. The normalized spacial score (nSPS) is 20.5. The molecule has 0 unspecified atom stereocenters. The van der Waals surface area contributed by atoms with Crippen molar-refractivity contribution in [3.05, 3.63) is 59.1 Å². The second kappa shape index (κ2) is 8.74. The van der Waals surface area contributed by atoms with E-state index in [0.717, 1.165) is 5.56 Å². The highest BCUT2D eigenvalue weighted by Gasteiger charge is 2.55. The average molecular weight is 434 g/mol. The van der Waals surface area contributed by atoms with Crippen LogP contribution in [0.4, 0.5) is 4.79 Å². The SMILES string of the molecule is COc1cc(Cl)ccc1O[C@H](c1ccccc1)[C@@]1(C(C)(C)C)CN(C(=O)O)CCO1. The molecular formula is C23H28ClNO5. The lowest BCUT2D eigenvalue weighted by molar-refractivity contribution is -0.207. The minimum atomic E-state index is -0.970. The Hall–Kier alpha value is -2.44. The first-order valence-electron chi connectivity index (χ1n) is 9.85. The minimum Gasteiger partial charge on any atom is -0.493 e. The molecule has 2 aromatic rings. The van der Waals surface area contributed by atoms with Crippen molar-refractivity contribution < 1.29 is 24.1 Å². The summed E-state index contributed by atoms with van der Waals surface area (Å²) in [6, 6.07) is 14.9. The lowest BCUT2D eigenvalue weighted by atomic mass is 9.70. The molecule has 0 radical (unpaired) electrons. The summed E-state index contributed by atoms with van der Waals surface area (Å²) in [5.74, 6) is 1.01. The van der Waals surface area contributed by atoms with Gasteiger partial charge in [-0.15, -0.1) is 0 Å². The standard InChI is InChI=1S/C23H28ClNO5/c1-22(2,3)23(15-25(21(26)27)12-13-29-23)20(16-8-6-5-7-9-16)30-18-11-10-17(24)14-19(18)28-4/h5-11,14,20H,12-13,15H2,1-4H3,(H,26,27)/t20-,23-/m1/s1. The zero-order valence-electron chi connectivity index (χ0n) is 17.7. The van der Waals surface area contributed by atoms with Crippen LogP contribution in [0.5, 0.6) is 11.5 Å². The molecule has 1 amide bonds. The maximum atomic E-state index is 11.8. The van der Waals surface area contributed by atoms with Crippen LogP contribution in [0.1, 0.15) is 32.4 Å². The number of nitrogens with zero attached hydrogens (tertiary/aromatic N) is 1. The number of amides is 1. The van der Waals surface area contributed by atoms with Gasteiger partial charge in [0.05, 0.1) is 20.3 Å². The maximum absolute atomic E-state index is 11.8. The van der Waals surface area contributed by atoms with Gasteiger partial charge < -0.3 is 24.2 Å². The van der Waals surface area contributed by atoms with E-state index >= 15 is 0 Å². The molecule has 3 rings (SSSR count). The van der Waals surface area contributed by atoms with E-state index in [0.29, 0.717) is 23.1 Å². The molecule has 1 fully saturated rings. The van der Waals surface area contributed by atoms with Gasteiger partial charge >= 0.3 is 6.09 Å². The van der Waals surface area contributed by atoms with Crippen molar-refractivity contribution in [2.24, 2.45) is 5.41 Å². The van der Waals surface area contributed by atoms with Gasteiger partial charge in [-0.05, 0) is 23.1 Å². The monoisotopic (exact) mass is 433 g/mol. The molecule has 0 aromatic heterocycles. The minimum absolute atomic E-state index is 0.182. The highest BCUT2D eigenvalue weighted by atomic mass is 35.5. The van der Waals surface area contributed by atoms with Gasteiger partial charge in [-0.2, -0.15) is 0 Å². The molecule has 0 bridgehead atoms. The third-order valence-electron chi connectivity index (χ3n) is 5.58. The van der Waals surface area contributed by atoms with Gasteiger partial charge in [-0.1, -0.05) is 62.7 Å². The zero-order valence-corrected chi connectivity index (χ0v) is 18.5. The van der Waals surface area contributed by atoms with E-state index in [1.165, 1.54) is 4.90 Å². The quantitative estimate of drug-likeness (QED) is 0.696. The van der Waals surface area contributed by atoms with Gasteiger partial charge in [0, 0.05) is 17.6 Å². The van der Waals surface area contributed by atoms with Crippen molar-refractivity contribution in [3.8, 4) is 11.5 Å². The predicted octanol–water partition coefficient (Wildman–Crippen LogP) is 5.26. The van der Waals surface area contributed by atoms with Crippen molar-refractivity contribution in [1.29, 1.82) is 0 Å². The number of rotatable bonds is 5. The van der Waals surface area contributed by atoms with Crippen molar-refractivity contribution in [3.63, 3.8) is 0 Å². The second-order valence-electron chi connectivity index (χ2n) is 8.40. The molecule has 0 saturated carbocycles. The summed E-state index contributed by atoms with van der Waals surface area (Å²) in [5, 5.41) is 10.2. The topological polar surface area (TPSA) is 68.2 Å². The molecule has 2 atom stereocenters. The molecule has 1 heterocycles. The van der Waals surface area contributed by atoms with Crippen LogP contribution in [0.3, 0.4) is 0 Å². The van der Waals surface area contributed by atoms with E-state index in [9.17, 15) is 9.90 Å². The van der Waals surface area contributed by atoms with E-state index in [2.05, 4.69) is 0 Å². The predicted molar refractivity (Wildman–Crippen MR) is 116 cm³/mol. The number of halogens is 1. The van der Waals surface area contributed by atoms with Crippen LogP contribution in [0.25, 0.3) is 0 Å². The van der Waals surface area contributed by atoms with Gasteiger partial charge in [-0.25, -0.2) is 4.79 Å². The summed E-state index contributed by atoms with van der Waals surface area (Å²) in [7, 11) is 1.55. The number of hydrogen-bond acceptors (Lipinski definition) is 4. The van der Waals surface area contributed by atoms with Crippen LogP contribution in [-0.4, -0.2) is 48.5 Å². The lowest BCUT2D eigenvalue weighted by Gasteiger charge is -2.53. The van der Waals surface area contributed by atoms with Crippen molar-refractivity contribution in [2.45, 2.75) is 32.5 Å². The number of ether oxygens (including phenoxy) is 3. The molecule has 0 spiro atoms. The highest BCUT2D eigenvalue weighted by Crippen LogP contribution is 2.48. The molecule has 1 aliphatic rings. The van der Waals surface area contributed by atoms with Crippen LogP contribution < -0.4 is 9.47 Å². The summed E-state index contributed by atoms with van der Waals surface area (Å²) in [4.78, 5) is 13.2. The summed E-state index contributed by atoms with van der Waals surface area (Å²) in [6.45, 7) is 6.90. The summed E-state index contributed by atoms with van der Waals surface area (Å²) >= 11 is 6.12. The third kappa shape index (κ3) is 4.35. The number of methoxy groups -OCH3 is 1. The molecular weight excluding hydrogens is 406 g/mol. The number of morpholine rings is 1. The third-order valence-corrected chi connectivity index (χ3v) is 5.82. The molecule has 2 aromatic carbocycles. The molecule has 6 nitrogen and oxygen atoms in total. The fourth-order valence-corrected chi connectivity index (χ4v) is 4.00. The summed E-state index contributed by atoms with van der Waals surface area (Å²) in [5.41, 5.74) is -0.492. The summed E-state index contributed by atoms with van der Waals surface area (Å²) < 4.78 is 18.4. The van der Waals surface area contributed by atoms with E-state index in [-0.39, 0.29) is 13.2 Å². The van der Waals surface area contributed by atoms with Crippen LogP contribution >= 0.6 is 11.6 Å². The van der Waals surface area contributed by atoms with Crippen molar-refractivity contribution in [2.75, 3.05) is 26.8 Å². The van der Waals surface area contributed by atoms with Gasteiger partial charge in [-0.3, -0.25) is 0 Å². The summed E-state index contributed by atoms with van der Waals surface area (Å²) in [6.07, 6.45) is -1.56. The molecule has 1 N–H and O–H groups in total. The number of benzene rings is 2. The molecule has 1 aliphatic heterocycles. The molecule has 1 saturated heterocycles. The smallest absolute Gasteiger partial charge is 0.407 e. The van der Waals surface area contributed by atoms with E-state index in [1.54, 1.807) is 25.3 Å². The molecule has 0 aliphatic carbocycles. The molecule has 162 valence electrons. The fraction of sp³-hybridized carbons (Fsp3) is 0.435. The Bertz CT molecular complexity index is 883. The number of carboxylic acid groups (broad SMARTS) is 1. The Morgan fingerprint density at radius 3 is 2.50 bits per heavy atom. The van der Waals surface area contributed by atoms with Crippen LogP contribution in [0.2, 0.25) is 5.02 Å². The van der Waals surface area contributed by atoms with Crippen LogP contribution in [0, 0.1) is 5.41 Å². The first-order chi connectivity index (χ1) is 14.2. The Balaban J connectivity index is 2.14. The number of hydrogen-bond donors (Lipinski definition) is 1. The van der Waals surface area contributed by atoms with Gasteiger partial charge in [0.15, 0.2) is 17.6 Å². The lowest BCUT2D eigenvalue weighted by Crippen LogP contribution is -2.63. The highest BCUT2D eigenvalue weighted by molar-refractivity contribution is 6.30. The van der Waals surface area contributed by atoms with E-state index in [1.807, 2.05) is 51.1 Å². The van der Waals surface area contributed by atoms with Crippen LogP contribution in [0.15, 0.2) is 48.5 Å². The van der Waals surface area contributed by atoms with Gasteiger partial charge in [0.1, 0.15) is 5.60 Å². The van der Waals surface area contributed by atoms with Crippen molar-refractivity contribution >= 4 is 17.7 Å². The average Bonchev–Trinajstić information content (AvgIpc) is 2.72. The second-order valence-corrected chi connectivity index (χ2v) is 8.83.